The highest BCUT2D eigenvalue weighted by Gasteiger charge is 2.09. The van der Waals surface area contributed by atoms with E-state index in [1.165, 1.54) is 19.3 Å². The van der Waals surface area contributed by atoms with Crippen LogP contribution in [-0.2, 0) is 4.79 Å². The van der Waals surface area contributed by atoms with Crippen LogP contribution in [0.3, 0.4) is 0 Å². The summed E-state index contributed by atoms with van der Waals surface area (Å²) in [5.74, 6) is 0.779. The molecule has 0 aliphatic carbocycles. The lowest BCUT2D eigenvalue weighted by Gasteiger charge is -2.26. The number of methoxy groups -OCH3 is 1. The minimum absolute atomic E-state index is 0.0390. The zero-order valence-corrected chi connectivity index (χ0v) is 12.7. The fraction of sp³-hybridized carbons (Fsp3) is 0.471. The van der Waals surface area contributed by atoms with Crippen molar-refractivity contribution in [3.8, 4) is 5.75 Å². The van der Waals surface area contributed by atoms with Gasteiger partial charge in [0.25, 0.3) is 0 Å². The van der Waals surface area contributed by atoms with E-state index in [1.807, 2.05) is 30.3 Å². The van der Waals surface area contributed by atoms with Crippen molar-refractivity contribution in [3.05, 3.63) is 35.9 Å². The average Bonchev–Trinajstić information content (AvgIpc) is 2.54. The summed E-state index contributed by atoms with van der Waals surface area (Å²) in [6.07, 6.45) is 7.30. The van der Waals surface area contributed by atoms with Gasteiger partial charge in [-0.2, -0.15) is 0 Å². The van der Waals surface area contributed by atoms with Gasteiger partial charge in [-0.15, -0.1) is 0 Å². The Morgan fingerprint density at radius 2 is 1.95 bits per heavy atom. The lowest BCUT2D eigenvalue weighted by atomic mass is 10.1. The first-order valence-electron chi connectivity index (χ1n) is 7.60. The number of benzene rings is 1. The van der Waals surface area contributed by atoms with Crippen LogP contribution < -0.4 is 10.1 Å². The smallest absolute Gasteiger partial charge is 0.244 e. The maximum atomic E-state index is 11.7. The number of nitrogens with one attached hydrogen (secondary N) is 1. The zero-order chi connectivity index (χ0) is 14.9. The molecule has 2 rings (SSSR count). The number of carbonyl (C=O) groups is 1. The van der Waals surface area contributed by atoms with E-state index in [9.17, 15) is 4.79 Å². The maximum Gasteiger partial charge on any atom is 0.244 e. The molecule has 1 fully saturated rings. The largest absolute Gasteiger partial charge is 0.497 e. The SMILES string of the molecule is COc1ccc(/C=C\C(=O)NCCN2CCCCC2)cc1. The molecule has 1 aliphatic rings. The van der Waals surface area contributed by atoms with Gasteiger partial charge < -0.3 is 15.0 Å². The molecule has 0 aromatic heterocycles. The van der Waals surface area contributed by atoms with E-state index in [0.717, 1.165) is 30.9 Å². The molecule has 0 radical (unpaired) electrons. The van der Waals surface area contributed by atoms with Crippen LogP contribution in [0.5, 0.6) is 5.75 Å². The molecule has 1 aromatic rings. The Hall–Kier alpha value is -1.81. The van der Waals surface area contributed by atoms with E-state index in [2.05, 4.69) is 10.2 Å². The highest BCUT2D eigenvalue weighted by atomic mass is 16.5. The van der Waals surface area contributed by atoms with E-state index in [1.54, 1.807) is 13.2 Å². The van der Waals surface area contributed by atoms with E-state index >= 15 is 0 Å². The number of rotatable bonds is 6. The predicted octanol–water partition coefficient (Wildman–Crippen LogP) is 2.31. The Bertz CT molecular complexity index is 462. The van der Waals surface area contributed by atoms with Crippen molar-refractivity contribution < 1.29 is 9.53 Å². The summed E-state index contributed by atoms with van der Waals surface area (Å²) in [6, 6.07) is 7.62. The summed E-state index contributed by atoms with van der Waals surface area (Å²) < 4.78 is 5.10. The molecule has 1 saturated heterocycles. The first kappa shape index (κ1) is 15.6. The van der Waals surface area contributed by atoms with Crippen molar-refractivity contribution >= 4 is 12.0 Å². The Balaban J connectivity index is 1.69. The predicted molar refractivity (Wildman–Crippen MR) is 85.3 cm³/mol. The standard InChI is InChI=1S/C17H24N2O2/c1-21-16-8-5-15(6-9-16)7-10-17(20)18-11-14-19-12-3-2-4-13-19/h5-10H,2-4,11-14H2,1H3,(H,18,20)/b10-7-. The summed E-state index contributed by atoms with van der Waals surface area (Å²) in [7, 11) is 1.64. The molecule has 0 spiro atoms. The number of nitrogens with zero attached hydrogens (tertiary/aromatic N) is 1. The highest BCUT2D eigenvalue weighted by molar-refractivity contribution is 5.91. The van der Waals surface area contributed by atoms with E-state index in [0.29, 0.717) is 6.54 Å². The van der Waals surface area contributed by atoms with Gasteiger partial charge in [0.15, 0.2) is 0 Å². The van der Waals surface area contributed by atoms with Gasteiger partial charge in [-0.05, 0) is 49.7 Å². The number of carbonyl (C=O) groups excluding carboxylic acids is 1. The number of hydrogen-bond donors (Lipinski definition) is 1. The lowest BCUT2D eigenvalue weighted by molar-refractivity contribution is -0.116. The van der Waals surface area contributed by atoms with Gasteiger partial charge in [0, 0.05) is 19.2 Å². The van der Waals surface area contributed by atoms with Crippen molar-refractivity contribution in [1.82, 2.24) is 10.2 Å². The van der Waals surface area contributed by atoms with Crippen LogP contribution in [0.2, 0.25) is 0 Å². The molecule has 4 nitrogen and oxygen atoms in total. The zero-order valence-electron chi connectivity index (χ0n) is 12.7. The molecule has 1 amide bonds. The van der Waals surface area contributed by atoms with Crippen LogP contribution >= 0.6 is 0 Å². The van der Waals surface area contributed by atoms with Gasteiger partial charge in [0.1, 0.15) is 5.75 Å². The summed E-state index contributed by atoms with van der Waals surface area (Å²) in [4.78, 5) is 14.2. The van der Waals surface area contributed by atoms with Gasteiger partial charge >= 0.3 is 0 Å². The Kier molecular flexibility index (Phi) is 6.28. The van der Waals surface area contributed by atoms with E-state index < -0.39 is 0 Å². The topological polar surface area (TPSA) is 41.6 Å². The van der Waals surface area contributed by atoms with E-state index in [-0.39, 0.29) is 5.91 Å². The molecule has 1 aliphatic heterocycles. The molecule has 1 N–H and O–H groups in total. The average molecular weight is 288 g/mol. The van der Waals surface area contributed by atoms with E-state index in [4.69, 9.17) is 4.74 Å². The number of piperidine rings is 1. The fourth-order valence-electron chi connectivity index (χ4n) is 2.47. The lowest BCUT2D eigenvalue weighted by Crippen LogP contribution is -2.37. The van der Waals surface area contributed by atoms with Crippen molar-refractivity contribution in [1.29, 1.82) is 0 Å². The third kappa shape index (κ3) is 5.60. The molecule has 1 heterocycles. The van der Waals surface area contributed by atoms with Crippen LogP contribution in [0.15, 0.2) is 30.3 Å². The Labute approximate surface area is 126 Å². The normalized spacial score (nSPS) is 16.0. The molecule has 1 aromatic carbocycles. The summed E-state index contributed by atoms with van der Waals surface area (Å²) in [5.41, 5.74) is 0.988. The minimum Gasteiger partial charge on any atom is -0.497 e. The molecular weight excluding hydrogens is 264 g/mol. The van der Waals surface area contributed by atoms with Gasteiger partial charge in [-0.25, -0.2) is 0 Å². The highest BCUT2D eigenvalue weighted by Crippen LogP contribution is 2.12. The molecule has 0 saturated carbocycles. The maximum absolute atomic E-state index is 11.7. The quantitative estimate of drug-likeness (QED) is 0.817. The molecular formula is C17H24N2O2. The minimum atomic E-state index is -0.0390. The van der Waals surface area contributed by atoms with Crippen LogP contribution in [0.1, 0.15) is 24.8 Å². The number of likely N-dealkylation sites (tertiary alicyclic amines) is 1. The van der Waals surface area contributed by atoms with Crippen LogP contribution in [0, 0.1) is 0 Å². The molecule has 0 atom stereocenters. The Morgan fingerprint density at radius 3 is 2.62 bits per heavy atom. The Morgan fingerprint density at radius 1 is 1.24 bits per heavy atom. The van der Waals surface area contributed by atoms with Crippen molar-refractivity contribution in [2.75, 3.05) is 33.3 Å². The van der Waals surface area contributed by atoms with Gasteiger partial charge in [-0.3, -0.25) is 4.79 Å². The van der Waals surface area contributed by atoms with Gasteiger partial charge in [-0.1, -0.05) is 18.6 Å². The van der Waals surface area contributed by atoms with Crippen LogP contribution in [-0.4, -0.2) is 44.1 Å². The fourth-order valence-corrected chi connectivity index (χ4v) is 2.47. The van der Waals surface area contributed by atoms with Gasteiger partial charge in [0.05, 0.1) is 7.11 Å². The van der Waals surface area contributed by atoms with Crippen molar-refractivity contribution in [3.63, 3.8) is 0 Å². The van der Waals surface area contributed by atoms with Gasteiger partial charge in [0.2, 0.25) is 5.91 Å². The molecule has 0 bridgehead atoms. The molecule has 114 valence electrons. The summed E-state index contributed by atoms with van der Waals surface area (Å²) in [5, 5.41) is 2.93. The second-order valence-corrected chi connectivity index (χ2v) is 5.30. The third-order valence-electron chi connectivity index (χ3n) is 3.72. The molecule has 4 heteroatoms. The first-order valence-corrected chi connectivity index (χ1v) is 7.60. The first-order chi connectivity index (χ1) is 10.3. The summed E-state index contributed by atoms with van der Waals surface area (Å²) in [6.45, 7) is 3.99. The second kappa shape index (κ2) is 8.47. The van der Waals surface area contributed by atoms with Crippen molar-refractivity contribution in [2.45, 2.75) is 19.3 Å². The van der Waals surface area contributed by atoms with Crippen LogP contribution in [0.25, 0.3) is 6.08 Å². The van der Waals surface area contributed by atoms with Crippen LogP contribution in [0.4, 0.5) is 0 Å². The monoisotopic (exact) mass is 288 g/mol. The molecule has 21 heavy (non-hydrogen) atoms. The molecule has 0 unspecified atom stereocenters. The number of ether oxygens (including phenoxy) is 1. The summed E-state index contributed by atoms with van der Waals surface area (Å²) >= 11 is 0. The second-order valence-electron chi connectivity index (χ2n) is 5.30. The number of hydrogen-bond acceptors (Lipinski definition) is 3. The number of amides is 1. The van der Waals surface area contributed by atoms with Crippen molar-refractivity contribution in [2.24, 2.45) is 0 Å². The third-order valence-corrected chi connectivity index (χ3v) is 3.72.